The van der Waals surface area contributed by atoms with Gasteiger partial charge in [-0.15, -0.1) is 0 Å². The molecule has 0 aliphatic heterocycles. The molecule has 7 heteroatoms. The van der Waals surface area contributed by atoms with Crippen LogP contribution in [-0.4, -0.2) is 21.6 Å². The number of benzene rings is 2. The molecule has 0 saturated heterocycles. The summed E-state index contributed by atoms with van der Waals surface area (Å²) >= 11 is 0. The van der Waals surface area contributed by atoms with Crippen LogP contribution < -0.4 is 16.2 Å². The lowest BCUT2D eigenvalue weighted by atomic mass is 10.1. The molecular formula is C21H20N4O3. The van der Waals surface area contributed by atoms with E-state index in [1.807, 2.05) is 24.3 Å². The SMILES string of the molecule is Cn1nc(C(=O)NCc2cccc(NC(=O)C3CC3)c2)c2ccccc2c1=O. The van der Waals surface area contributed by atoms with Crippen molar-refractivity contribution in [1.82, 2.24) is 15.1 Å². The van der Waals surface area contributed by atoms with Crippen LogP contribution >= 0.6 is 0 Å². The van der Waals surface area contributed by atoms with E-state index in [2.05, 4.69) is 15.7 Å². The standard InChI is InChI=1S/C21H20N4O3/c1-25-21(28)17-8-3-2-7-16(17)18(24-25)20(27)22-12-13-5-4-6-15(11-13)23-19(26)14-9-10-14/h2-8,11,14H,9-10,12H2,1H3,(H,22,27)(H,23,26). The van der Waals surface area contributed by atoms with Crippen LogP contribution in [0, 0.1) is 5.92 Å². The smallest absolute Gasteiger partial charge is 0.274 e. The first-order chi connectivity index (χ1) is 13.5. The summed E-state index contributed by atoms with van der Waals surface area (Å²) < 4.78 is 1.17. The van der Waals surface area contributed by atoms with Crippen LogP contribution in [0.5, 0.6) is 0 Å². The van der Waals surface area contributed by atoms with E-state index in [0.717, 1.165) is 18.4 Å². The van der Waals surface area contributed by atoms with Gasteiger partial charge in [-0.2, -0.15) is 5.10 Å². The second-order valence-electron chi connectivity index (χ2n) is 6.97. The Hall–Kier alpha value is -3.48. The highest BCUT2D eigenvalue weighted by Crippen LogP contribution is 2.30. The minimum atomic E-state index is -0.362. The Labute approximate surface area is 161 Å². The van der Waals surface area contributed by atoms with Crippen LogP contribution in [0.15, 0.2) is 53.3 Å². The molecule has 1 saturated carbocycles. The molecule has 1 aliphatic rings. The van der Waals surface area contributed by atoms with Crippen molar-refractivity contribution in [3.05, 3.63) is 70.1 Å². The molecule has 1 aromatic heterocycles. The molecule has 0 atom stereocenters. The molecular weight excluding hydrogens is 356 g/mol. The molecule has 0 radical (unpaired) electrons. The van der Waals surface area contributed by atoms with Gasteiger partial charge in [0.2, 0.25) is 5.91 Å². The van der Waals surface area contributed by atoms with Gasteiger partial charge >= 0.3 is 0 Å². The number of fused-ring (bicyclic) bond motifs is 1. The molecule has 0 spiro atoms. The van der Waals surface area contributed by atoms with Crippen molar-refractivity contribution in [2.45, 2.75) is 19.4 Å². The molecule has 2 aromatic carbocycles. The van der Waals surface area contributed by atoms with Crippen LogP contribution in [0.25, 0.3) is 10.8 Å². The zero-order valence-corrected chi connectivity index (χ0v) is 15.4. The van der Waals surface area contributed by atoms with Crippen molar-refractivity contribution < 1.29 is 9.59 Å². The highest BCUT2D eigenvalue weighted by atomic mass is 16.2. The van der Waals surface area contributed by atoms with Gasteiger partial charge in [-0.1, -0.05) is 30.3 Å². The van der Waals surface area contributed by atoms with Gasteiger partial charge in [-0.05, 0) is 36.6 Å². The number of carbonyl (C=O) groups excluding carboxylic acids is 2. The van der Waals surface area contributed by atoms with Crippen molar-refractivity contribution in [3.8, 4) is 0 Å². The molecule has 1 heterocycles. The third-order valence-corrected chi connectivity index (χ3v) is 4.77. The van der Waals surface area contributed by atoms with E-state index in [4.69, 9.17) is 0 Å². The maximum absolute atomic E-state index is 12.7. The van der Waals surface area contributed by atoms with Crippen molar-refractivity contribution >= 4 is 28.3 Å². The second-order valence-corrected chi connectivity index (χ2v) is 6.97. The van der Waals surface area contributed by atoms with Crippen molar-refractivity contribution in [3.63, 3.8) is 0 Å². The molecule has 0 bridgehead atoms. The number of hydrogen-bond donors (Lipinski definition) is 2. The van der Waals surface area contributed by atoms with E-state index in [-0.39, 0.29) is 35.5 Å². The molecule has 3 aromatic rings. The predicted octanol–water partition coefficient (Wildman–Crippen LogP) is 2.21. The maximum Gasteiger partial charge on any atom is 0.274 e. The first-order valence-corrected chi connectivity index (χ1v) is 9.17. The van der Waals surface area contributed by atoms with Crippen molar-refractivity contribution in [2.75, 3.05) is 5.32 Å². The van der Waals surface area contributed by atoms with Gasteiger partial charge in [0.05, 0.1) is 5.39 Å². The average molecular weight is 376 g/mol. The predicted molar refractivity (Wildman–Crippen MR) is 106 cm³/mol. The minimum Gasteiger partial charge on any atom is -0.347 e. The third kappa shape index (κ3) is 3.64. The van der Waals surface area contributed by atoms with Gasteiger partial charge < -0.3 is 10.6 Å². The monoisotopic (exact) mass is 376 g/mol. The fraction of sp³-hybridized carbons (Fsp3) is 0.238. The fourth-order valence-corrected chi connectivity index (χ4v) is 3.08. The maximum atomic E-state index is 12.7. The largest absolute Gasteiger partial charge is 0.347 e. The summed E-state index contributed by atoms with van der Waals surface area (Å²) in [5, 5.41) is 10.8. The molecule has 2 N–H and O–H groups in total. The highest BCUT2D eigenvalue weighted by molar-refractivity contribution is 6.04. The summed E-state index contributed by atoms with van der Waals surface area (Å²) in [4.78, 5) is 36.8. The summed E-state index contributed by atoms with van der Waals surface area (Å²) in [5.74, 6) is -0.186. The number of hydrogen-bond acceptors (Lipinski definition) is 4. The van der Waals surface area contributed by atoms with Crippen LogP contribution in [0.2, 0.25) is 0 Å². The Bertz CT molecular complexity index is 1130. The molecule has 28 heavy (non-hydrogen) atoms. The zero-order chi connectivity index (χ0) is 19.7. The third-order valence-electron chi connectivity index (χ3n) is 4.77. The van der Waals surface area contributed by atoms with E-state index < -0.39 is 0 Å². The zero-order valence-electron chi connectivity index (χ0n) is 15.4. The molecule has 7 nitrogen and oxygen atoms in total. The Morgan fingerprint density at radius 1 is 1.11 bits per heavy atom. The molecule has 1 aliphatic carbocycles. The average Bonchev–Trinajstić information content (AvgIpc) is 3.55. The first kappa shape index (κ1) is 17.9. The van der Waals surface area contributed by atoms with Crippen LogP contribution in [0.3, 0.4) is 0 Å². The van der Waals surface area contributed by atoms with Crippen LogP contribution in [0.4, 0.5) is 5.69 Å². The summed E-state index contributed by atoms with van der Waals surface area (Å²) in [7, 11) is 1.53. The van der Waals surface area contributed by atoms with E-state index in [1.54, 1.807) is 24.3 Å². The Balaban J connectivity index is 1.51. The Morgan fingerprint density at radius 2 is 1.86 bits per heavy atom. The van der Waals surface area contributed by atoms with E-state index >= 15 is 0 Å². The van der Waals surface area contributed by atoms with Gasteiger partial charge in [-0.3, -0.25) is 14.4 Å². The van der Waals surface area contributed by atoms with Crippen molar-refractivity contribution in [2.24, 2.45) is 13.0 Å². The molecule has 0 unspecified atom stereocenters. The number of anilines is 1. The number of aromatic nitrogens is 2. The normalized spacial score (nSPS) is 13.3. The molecule has 142 valence electrons. The minimum absolute atomic E-state index is 0.0436. The quantitative estimate of drug-likeness (QED) is 0.714. The lowest BCUT2D eigenvalue weighted by molar-refractivity contribution is -0.117. The number of nitrogens with one attached hydrogen (secondary N) is 2. The lowest BCUT2D eigenvalue weighted by Gasteiger charge is -2.10. The lowest BCUT2D eigenvalue weighted by Crippen LogP contribution is -2.29. The van der Waals surface area contributed by atoms with E-state index in [1.165, 1.54) is 11.7 Å². The number of rotatable bonds is 5. The topological polar surface area (TPSA) is 93.1 Å². The summed E-state index contributed by atoms with van der Waals surface area (Å²) in [6.45, 7) is 0.283. The number of aryl methyl sites for hydroxylation is 1. The highest BCUT2D eigenvalue weighted by Gasteiger charge is 2.29. The Kier molecular flexibility index (Phi) is 4.65. The first-order valence-electron chi connectivity index (χ1n) is 9.17. The molecule has 1 fully saturated rings. The van der Waals surface area contributed by atoms with Crippen LogP contribution in [-0.2, 0) is 18.4 Å². The van der Waals surface area contributed by atoms with Crippen LogP contribution in [0.1, 0.15) is 28.9 Å². The molecule has 2 amide bonds. The van der Waals surface area contributed by atoms with Crippen molar-refractivity contribution in [1.29, 1.82) is 0 Å². The van der Waals surface area contributed by atoms with E-state index in [0.29, 0.717) is 16.5 Å². The van der Waals surface area contributed by atoms with Gasteiger partial charge in [0.15, 0.2) is 5.69 Å². The summed E-state index contributed by atoms with van der Waals surface area (Å²) in [6, 6.07) is 14.3. The van der Waals surface area contributed by atoms with E-state index in [9.17, 15) is 14.4 Å². The van der Waals surface area contributed by atoms with Gasteiger partial charge in [0, 0.05) is 30.6 Å². The van der Waals surface area contributed by atoms with Gasteiger partial charge in [0.1, 0.15) is 0 Å². The molecule has 4 rings (SSSR count). The summed E-state index contributed by atoms with van der Waals surface area (Å²) in [5.41, 5.74) is 1.53. The number of carbonyl (C=O) groups is 2. The van der Waals surface area contributed by atoms with Gasteiger partial charge in [-0.25, -0.2) is 4.68 Å². The van der Waals surface area contributed by atoms with Gasteiger partial charge in [0.25, 0.3) is 11.5 Å². The fourth-order valence-electron chi connectivity index (χ4n) is 3.08. The number of nitrogens with zero attached hydrogens (tertiary/aromatic N) is 2. The Morgan fingerprint density at radius 3 is 2.61 bits per heavy atom. The second kappa shape index (κ2) is 7.26. The summed E-state index contributed by atoms with van der Waals surface area (Å²) in [6.07, 6.45) is 1.89. The number of amides is 2.